The summed E-state index contributed by atoms with van der Waals surface area (Å²) in [5.74, 6) is 0.101. The van der Waals surface area contributed by atoms with Gasteiger partial charge in [0.1, 0.15) is 17.1 Å². The number of carbonyl (C=O) groups excluding carboxylic acids is 2. The Balaban J connectivity index is 2.79. The van der Waals surface area contributed by atoms with Crippen molar-refractivity contribution in [2.24, 2.45) is 0 Å². The third-order valence-corrected chi connectivity index (χ3v) is 2.58. The Bertz CT molecular complexity index is 499. The summed E-state index contributed by atoms with van der Waals surface area (Å²) in [7, 11) is 2.94. The van der Waals surface area contributed by atoms with E-state index in [1.165, 1.54) is 14.2 Å². The molecule has 0 aliphatic rings. The molecule has 0 bridgehead atoms. The van der Waals surface area contributed by atoms with Gasteiger partial charge in [-0.2, -0.15) is 0 Å². The standard InChI is InChI=1S/C15H22N2O4/c1-15(2,3)17-12(18)9-16-14(19)13-10(20-4)7-6-8-11(13)21-5/h6-8H,9H2,1-5H3,(H,16,19)(H,17,18). The Morgan fingerprint density at radius 2 is 1.62 bits per heavy atom. The summed E-state index contributed by atoms with van der Waals surface area (Å²) in [6.07, 6.45) is 0. The molecule has 1 aromatic carbocycles. The van der Waals surface area contributed by atoms with Crippen LogP contribution in [0.1, 0.15) is 31.1 Å². The van der Waals surface area contributed by atoms with Crippen LogP contribution in [0, 0.1) is 0 Å². The smallest absolute Gasteiger partial charge is 0.259 e. The number of amides is 2. The van der Waals surface area contributed by atoms with E-state index in [-0.39, 0.29) is 23.6 Å². The molecule has 0 atom stereocenters. The van der Waals surface area contributed by atoms with Crippen LogP contribution in [0.5, 0.6) is 11.5 Å². The molecule has 0 heterocycles. The molecular formula is C15H22N2O4. The molecule has 0 aliphatic carbocycles. The predicted molar refractivity (Wildman–Crippen MR) is 79.8 cm³/mol. The third kappa shape index (κ3) is 4.98. The maximum absolute atomic E-state index is 12.2. The average molecular weight is 294 g/mol. The zero-order chi connectivity index (χ0) is 16.0. The second-order valence-corrected chi connectivity index (χ2v) is 5.52. The van der Waals surface area contributed by atoms with Crippen LogP contribution in [0.4, 0.5) is 0 Å². The van der Waals surface area contributed by atoms with Crippen molar-refractivity contribution in [3.05, 3.63) is 23.8 Å². The highest BCUT2D eigenvalue weighted by atomic mass is 16.5. The fourth-order valence-corrected chi connectivity index (χ4v) is 1.79. The van der Waals surface area contributed by atoms with Gasteiger partial charge in [0.25, 0.3) is 5.91 Å². The van der Waals surface area contributed by atoms with Gasteiger partial charge in [0.2, 0.25) is 5.91 Å². The first kappa shape index (κ1) is 16.8. The summed E-state index contributed by atoms with van der Waals surface area (Å²) in [5.41, 5.74) is -0.0738. The lowest BCUT2D eigenvalue weighted by atomic mass is 10.1. The Labute approximate surface area is 124 Å². The molecule has 21 heavy (non-hydrogen) atoms. The molecule has 0 saturated heterocycles. The van der Waals surface area contributed by atoms with E-state index in [1.54, 1.807) is 18.2 Å². The van der Waals surface area contributed by atoms with Gasteiger partial charge in [-0.05, 0) is 32.9 Å². The molecule has 2 N–H and O–H groups in total. The van der Waals surface area contributed by atoms with Crippen molar-refractivity contribution >= 4 is 11.8 Å². The van der Waals surface area contributed by atoms with Crippen molar-refractivity contribution in [3.8, 4) is 11.5 Å². The first-order valence-corrected chi connectivity index (χ1v) is 6.58. The number of rotatable bonds is 5. The lowest BCUT2D eigenvalue weighted by molar-refractivity contribution is -0.121. The second-order valence-electron chi connectivity index (χ2n) is 5.52. The van der Waals surface area contributed by atoms with E-state index >= 15 is 0 Å². The van der Waals surface area contributed by atoms with Gasteiger partial charge in [-0.25, -0.2) is 0 Å². The van der Waals surface area contributed by atoms with Gasteiger partial charge < -0.3 is 20.1 Å². The molecule has 2 amide bonds. The quantitative estimate of drug-likeness (QED) is 0.859. The highest BCUT2D eigenvalue weighted by molar-refractivity contribution is 6.01. The normalized spacial score (nSPS) is 10.7. The minimum absolute atomic E-state index is 0.114. The van der Waals surface area contributed by atoms with Crippen molar-refractivity contribution in [1.29, 1.82) is 0 Å². The topological polar surface area (TPSA) is 76.7 Å². The van der Waals surface area contributed by atoms with Crippen LogP contribution in [-0.4, -0.2) is 38.1 Å². The fraction of sp³-hybridized carbons (Fsp3) is 0.467. The molecule has 0 fully saturated rings. The monoisotopic (exact) mass is 294 g/mol. The first-order valence-electron chi connectivity index (χ1n) is 6.58. The van der Waals surface area contributed by atoms with Crippen LogP contribution in [-0.2, 0) is 4.79 Å². The molecule has 6 nitrogen and oxygen atoms in total. The molecule has 0 aromatic heterocycles. The number of hydrogen-bond donors (Lipinski definition) is 2. The van der Waals surface area contributed by atoms with E-state index in [1.807, 2.05) is 20.8 Å². The largest absolute Gasteiger partial charge is 0.496 e. The lowest BCUT2D eigenvalue weighted by Gasteiger charge is -2.20. The molecule has 0 aliphatic heterocycles. The summed E-state index contributed by atoms with van der Waals surface area (Å²) in [4.78, 5) is 23.9. The molecule has 0 saturated carbocycles. The number of carbonyl (C=O) groups is 2. The van der Waals surface area contributed by atoms with Gasteiger partial charge in [-0.1, -0.05) is 6.07 Å². The van der Waals surface area contributed by atoms with E-state index in [2.05, 4.69) is 10.6 Å². The van der Waals surface area contributed by atoms with Gasteiger partial charge in [0.15, 0.2) is 0 Å². The van der Waals surface area contributed by atoms with Gasteiger partial charge in [0, 0.05) is 5.54 Å². The predicted octanol–water partition coefficient (Wildman–Crippen LogP) is 1.35. The number of hydrogen-bond acceptors (Lipinski definition) is 4. The van der Waals surface area contributed by atoms with E-state index in [4.69, 9.17) is 9.47 Å². The summed E-state index contributed by atoms with van der Waals surface area (Å²) in [5, 5.41) is 5.33. The fourth-order valence-electron chi connectivity index (χ4n) is 1.79. The summed E-state index contributed by atoms with van der Waals surface area (Å²) in [6, 6.07) is 5.04. The molecule has 0 radical (unpaired) electrons. The van der Waals surface area contributed by atoms with Gasteiger partial charge in [-0.3, -0.25) is 9.59 Å². The van der Waals surface area contributed by atoms with Gasteiger partial charge >= 0.3 is 0 Å². The Hall–Kier alpha value is -2.24. The Morgan fingerprint density at radius 1 is 1.10 bits per heavy atom. The first-order chi connectivity index (χ1) is 9.78. The number of methoxy groups -OCH3 is 2. The summed E-state index contributed by atoms with van der Waals surface area (Å²) < 4.78 is 10.3. The third-order valence-electron chi connectivity index (χ3n) is 2.58. The van der Waals surface area contributed by atoms with Crippen molar-refractivity contribution < 1.29 is 19.1 Å². The van der Waals surface area contributed by atoms with E-state index in [0.29, 0.717) is 11.5 Å². The van der Waals surface area contributed by atoms with Crippen LogP contribution < -0.4 is 20.1 Å². The zero-order valence-corrected chi connectivity index (χ0v) is 13.1. The molecule has 6 heteroatoms. The molecule has 116 valence electrons. The Morgan fingerprint density at radius 3 is 2.05 bits per heavy atom. The van der Waals surface area contributed by atoms with E-state index in [9.17, 15) is 9.59 Å². The lowest BCUT2D eigenvalue weighted by Crippen LogP contribution is -2.45. The summed E-state index contributed by atoms with van der Waals surface area (Å²) >= 11 is 0. The van der Waals surface area contributed by atoms with Crippen molar-refractivity contribution in [1.82, 2.24) is 10.6 Å². The average Bonchev–Trinajstić information content (AvgIpc) is 2.41. The molecule has 1 rings (SSSR count). The molecule has 0 unspecified atom stereocenters. The maximum atomic E-state index is 12.2. The minimum atomic E-state index is -0.423. The van der Waals surface area contributed by atoms with Crippen molar-refractivity contribution in [2.45, 2.75) is 26.3 Å². The minimum Gasteiger partial charge on any atom is -0.496 e. The van der Waals surface area contributed by atoms with E-state index in [0.717, 1.165) is 0 Å². The van der Waals surface area contributed by atoms with Crippen molar-refractivity contribution in [3.63, 3.8) is 0 Å². The number of benzene rings is 1. The number of ether oxygens (including phenoxy) is 2. The van der Waals surface area contributed by atoms with Crippen LogP contribution >= 0.6 is 0 Å². The molecule has 1 aromatic rings. The van der Waals surface area contributed by atoms with Crippen LogP contribution in [0.2, 0.25) is 0 Å². The Kier molecular flexibility index (Phi) is 5.58. The highest BCUT2D eigenvalue weighted by Gasteiger charge is 2.19. The van der Waals surface area contributed by atoms with Crippen LogP contribution in [0.3, 0.4) is 0 Å². The highest BCUT2D eigenvalue weighted by Crippen LogP contribution is 2.27. The molecular weight excluding hydrogens is 272 g/mol. The van der Waals surface area contributed by atoms with E-state index < -0.39 is 5.91 Å². The van der Waals surface area contributed by atoms with Crippen molar-refractivity contribution in [2.75, 3.05) is 20.8 Å². The van der Waals surface area contributed by atoms with Gasteiger partial charge in [-0.15, -0.1) is 0 Å². The summed E-state index contributed by atoms with van der Waals surface area (Å²) in [6.45, 7) is 5.50. The second kappa shape index (κ2) is 6.97. The number of nitrogens with one attached hydrogen (secondary N) is 2. The maximum Gasteiger partial charge on any atom is 0.259 e. The molecule has 0 spiro atoms. The van der Waals surface area contributed by atoms with Crippen LogP contribution in [0.25, 0.3) is 0 Å². The SMILES string of the molecule is COc1cccc(OC)c1C(=O)NCC(=O)NC(C)(C)C. The van der Waals surface area contributed by atoms with Crippen LogP contribution in [0.15, 0.2) is 18.2 Å². The zero-order valence-electron chi connectivity index (χ0n) is 13.1. The van der Waals surface area contributed by atoms with Gasteiger partial charge in [0.05, 0.1) is 20.8 Å².